The maximum Gasteiger partial charge on any atom is 0.297 e. The van der Waals surface area contributed by atoms with Crippen molar-refractivity contribution in [2.75, 3.05) is 11.9 Å². The maximum absolute atomic E-state index is 12.7. The Morgan fingerprint density at radius 1 is 1.36 bits per heavy atom. The van der Waals surface area contributed by atoms with Crippen LogP contribution < -0.4 is 10.5 Å². The van der Waals surface area contributed by atoms with Gasteiger partial charge in [0.1, 0.15) is 11.1 Å². The molecule has 1 aromatic carbocycles. The first-order chi connectivity index (χ1) is 12.0. The minimum Gasteiger partial charge on any atom is -0.448 e. The molecular formula is C17H14N4O3S. The van der Waals surface area contributed by atoms with Gasteiger partial charge in [0.15, 0.2) is 5.13 Å². The standard InChI is InChI=1S/C17H14N4O3S/c1-10(22)20(2)17-19-11(8-25-17)7-21-9-18-14-12-5-3-4-6-13(12)24-15(14)16(21)23/h3-6,8-9H,7H2,1-2H3. The number of anilines is 1. The lowest BCUT2D eigenvalue weighted by atomic mass is 10.2. The van der Waals surface area contributed by atoms with Crippen molar-refractivity contribution in [3.8, 4) is 0 Å². The van der Waals surface area contributed by atoms with Crippen LogP contribution in [0.2, 0.25) is 0 Å². The first kappa shape index (κ1) is 15.5. The third kappa shape index (κ3) is 2.60. The monoisotopic (exact) mass is 354 g/mol. The van der Waals surface area contributed by atoms with Crippen LogP contribution in [0.3, 0.4) is 0 Å². The summed E-state index contributed by atoms with van der Waals surface area (Å²) in [6.07, 6.45) is 1.50. The van der Waals surface area contributed by atoms with Crippen molar-refractivity contribution in [2.45, 2.75) is 13.5 Å². The van der Waals surface area contributed by atoms with Gasteiger partial charge in [0.05, 0.1) is 18.6 Å². The molecule has 0 saturated carbocycles. The molecule has 0 aliphatic heterocycles. The highest BCUT2D eigenvalue weighted by Gasteiger charge is 2.15. The summed E-state index contributed by atoms with van der Waals surface area (Å²) in [5.74, 6) is -0.0940. The van der Waals surface area contributed by atoms with Crippen LogP contribution in [0.5, 0.6) is 0 Å². The van der Waals surface area contributed by atoms with Gasteiger partial charge in [-0.3, -0.25) is 19.1 Å². The van der Waals surface area contributed by atoms with Crippen LogP contribution in [-0.2, 0) is 11.3 Å². The second-order valence-electron chi connectivity index (χ2n) is 5.65. The van der Waals surface area contributed by atoms with Crippen LogP contribution in [0.1, 0.15) is 12.6 Å². The fourth-order valence-corrected chi connectivity index (χ4v) is 3.39. The van der Waals surface area contributed by atoms with E-state index in [1.807, 2.05) is 29.6 Å². The first-order valence-corrected chi connectivity index (χ1v) is 8.48. The third-order valence-corrected chi connectivity index (χ3v) is 4.95. The van der Waals surface area contributed by atoms with Crippen molar-refractivity contribution in [1.82, 2.24) is 14.5 Å². The van der Waals surface area contributed by atoms with E-state index in [1.54, 1.807) is 7.05 Å². The highest BCUT2D eigenvalue weighted by Crippen LogP contribution is 2.24. The minimum atomic E-state index is -0.254. The van der Waals surface area contributed by atoms with Crippen molar-refractivity contribution in [3.05, 3.63) is 52.0 Å². The van der Waals surface area contributed by atoms with E-state index in [2.05, 4.69) is 9.97 Å². The average molecular weight is 354 g/mol. The number of thiazole rings is 1. The summed E-state index contributed by atoms with van der Waals surface area (Å²) in [4.78, 5) is 34.3. The number of para-hydroxylation sites is 1. The SMILES string of the molecule is CC(=O)N(C)c1nc(Cn2cnc3c(oc4ccccc43)c2=O)cs1. The Hall–Kier alpha value is -3.00. The van der Waals surface area contributed by atoms with Crippen molar-refractivity contribution >= 4 is 44.4 Å². The molecule has 0 aliphatic rings. The Morgan fingerprint density at radius 2 is 2.16 bits per heavy atom. The van der Waals surface area contributed by atoms with E-state index in [9.17, 15) is 9.59 Å². The van der Waals surface area contributed by atoms with Gasteiger partial charge in [-0.2, -0.15) is 0 Å². The van der Waals surface area contributed by atoms with E-state index in [4.69, 9.17) is 4.42 Å². The number of carbonyl (C=O) groups is 1. The number of furan rings is 1. The molecule has 3 heterocycles. The molecule has 0 N–H and O–H groups in total. The van der Waals surface area contributed by atoms with Gasteiger partial charge in [-0.25, -0.2) is 9.97 Å². The Balaban J connectivity index is 1.73. The number of rotatable bonds is 3. The average Bonchev–Trinajstić information content (AvgIpc) is 3.21. The molecule has 0 radical (unpaired) electrons. The number of hydrogen-bond acceptors (Lipinski definition) is 6. The maximum atomic E-state index is 12.7. The summed E-state index contributed by atoms with van der Waals surface area (Å²) in [5, 5.41) is 3.23. The predicted molar refractivity (Wildman–Crippen MR) is 96.1 cm³/mol. The van der Waals surface area contributed by atoms with E-state index in [0.29, 0.717) is 21.9 Å². The zero-order valence-electron chi connectivity index (χ0n) is 13.6. The molecule has 126 valence electrons. The molecule has 4 rings (SSSR count). The van der Waals surface area contributed by atoms with Gasteiger partial charge in [-0.1, -0.05) is 12.1 Å². The molecule has 0 atom stereocenters. The van der Waals surface area contributed by atoms with E-state index in [1.165, 1.54) is 34.1 Å². The highest BCUT2D eigenvalue weighted by molar-refractivity contribution is 7.14. The van der Waals surface area contributed by atoms with Gasteiger partial charge in [0.25, 0.3) is 5.56 Å². The summed E-state index contributed by atoms with van der Waals surface area (Å²) in [6.45, 7) is 1.74. The second kappa shape index (κ2) is 5.82. The number of amides is 1. The Labute approximate surface area is 146 Å². The van der Waals surface area contributed by atoms with Crippen molar-refractivity contribution in [1.29, 1.82) is 0 Å². The zero-order chi connectivity index (χ0) is 17.6. The predicted octanol–water partition coefficient (Wildman–Crippen LogP) is 2.63. The lowest BCUT2D eigenvalue weighted by Gasteiger charge is -2.09. The second-order valence-corrected chi connectivity index (χ2v) is 6.49. The Morgan fingerprint density at radius 3 is 2.96 bits per heavy atom. The number of benzene rings is 1. The molecule has 1 amide bonds. The molecule has 25 heavy (non-hydrogen) atoms. The molecule has 7 nitrogen and oxygen atoms in total. The van der Waals surface area contributed by atoms with Gasteiger partial charge in [0.2, 0.25) is 11.5 Å². The Kier molecular flexibility index (Phi) is 3.61. The zero-order valence-corrected chi connectivity index (χ0v) is 14.4. The summed E-state index contributed by atoms with van der Waals surface area (Å²) in [5.41, 5.74) is 1.87. The molecule has 0 unspecified atom stereocenters. The van der Waals surface area contributed by atoms with Crippen LogP contribution >= 0.6 is 11.3 Å². The van der Waals surface area contributed by atoms with Gasteiger partial charge in [-0.15, -0.1) is 11.3 Å². The van der Waals surface area contributed by atoms with Crippen molar-refractivity contribution in [2.24, 2.45) is 0 Å². The molecule has 4 aromatic rings. The van der Waals surface area contributed by atoms with Crippen LogP contribution in [0.15, 0.2) is 45.2 Å². The summed E-state index contributed by atoms with van der Waals surface area (Å²) >= 11 is 1.35. The molecular weight excluding hydrogens is 340 g/mol. The highest BCUT2D eigenvalue weighted by atomic mass is 32.1. The van der Waals surface area contributed by atoms with Gasteiger partial charge >= 0.3 is 0 Å². The topological polar surface area (TPSA) is 81.2 Å². The molecule has 0 saturated heterocycles. The number of aromatic nitrogens is 3. The number of fused-ring (bicyclic) bond motifs is 3. The van der Waals surface area contributed by atoms with Crippen molar-refractivity contribution < 1.29 is 9.21 Å². The fraction of sp³-hybridized carbons (Fsp3) is 0.176. The molecule has 8 heteroatoms. The van der Waals surface area contributed by atoms with E-state index >= 15 is 0 Å². The third-order valence-electron chi connectivity index (χ3n) is 3.98. The van der Waals surface area contributed by atoms with E-state index < -0.39 is 0 Å². The van der Waals surface area contributed by atoms with Gasteiger partial charge < -0.3 is 4.42 Å². The van der Waals surface area contributed by atoms with Crippen LogP contribution in [0.4, 0.5) is 5.13 Å². The normalized spacial score (nSPS) is 11.3. The van der Waals surface area contributed by atoms with E-state index in [-0.39, 0.29) is 23.6 Å². The molecule has 3 aromatic heterocycles. The largest absolute Gasteiger partial charge is 0.448 e. The quantitative estimate of drug-likeness (QED) is 0.565. The first-order valence-electron chi connectivity index (χ1n) is 7.60. The Bertz CT molecular complexity index is 1160. The van der Waals surface area contributed by atoms with Crippen molar-refractivity contribution in [3.63, 3.8) is 0 Å². The van der Waals surface area contributed by atoms with Crippen LogP contribution in [-0.4, -0.2) is 27.5 Å². The number of carbonyl (C=O) groups excluding carboxylic acids is 1. The van der Waals surface area contributed by atoms with Crippen LogP contribution in [0.25, 0.3) is 22.1 Å². The molecule has 0 aliphatic carbocycles. The summed E-state index contributed by atoms with van der Waals surface area (Å²) in [6, 6.07) is 7.42. The minimum absolute atomic E-state index is 0.0940. The summed E-state index contributed by atoms with van der Waals surface area (Å²) < 4.78 is 7.13. The number of nitrogens with zero attached hydrogens (tertiary/aromatic N) is 4. The molecule has 0 bridgehead atoms. The summed E-state index contributed by atoms with van der Waals surface area (Å²) in [7, 11) is 1.67. The lowest BCUT2D eigenvalue weighted by molar-refractivity contribution is -0.116. The lowest BCUT2D eigenvalue weighted by Crippen LogP contribution is -2.23. The van der Waals surface area contributed by atoms with Gasteiger partial charge in [-0.05, 0) is 12.1 Å². The number of hydrogen-bond donors (Lipinski definition) is 0. The smallest absolute Gasteiger partial charge is 0.297 e. The van der Waals surface area contributed by atoms with Gasteiger partial charge in [0, 0.05) is 24.7 Å². The van der Waals surface area contributed by atoms with Crippen LogP contribution in [0, 0.1) is 0 Å². The van der Waals surface area contributed by atoms with E-state index in [0.717, 1.165) is 5.39 Å². The molecule has 0 fully saturated rings. The molecule has 0 spiro atoms. The fourth-order valence-electron chi connectivity index (χ4n) is 2.56.